The molecule has 7 nitrogen and oxygen atoms in total. The second kappa shape index (κ2) is 8.70. The summed E-state index contributed by atoms with van der Waals surface area (Å²) in [6.07, 6.45) is 0. The molecule has 2 aromatic rings. The van der Waals surface area contributed by atoms with E-state index in [0.717, 1.165) is 16.4 Å². The number of rotatable bonds is 6. The Labute approximate surface area is 146 Å². The zero-order chi connectivity index (χ0) is 18.2. The first-order valence-corrected chi connectivity index (χ1v) is 7.63. The Balaban J connectivity index is 1.89. The molecule has 2 aromatic carbocycles. The molecular weight excluding hydrogens is 322 g/mol. The maximum absolute atomic E-state index is 12.0. The number of hydroxylamine groups is 2. The highest BCUT2D eigenvalue weighted by Gasteiger charge is 2.11. The lowest BCUT2D eigenvalue weighted by molar-refractivity contribution is -0.0756. The molecule has 0 aliphatic rings. The van der Waals surface area contributed by atoms with E-state index in [1.54, 1.807) is 31.4 Å². The number of urea groups is 1. The lowest BCUT2D eigenvalue weighted by atomic mass is 10.2. The van der Waals surface area contributed by atoms with Crippen LogP contribution >= 0.6 is 0 Å². The topological polar surface area (TPSA) is 79.9 Å². The van der Waals surface area contributed by atoms with Crippen molar-refractivity contribution in [1.29, 1.82) is 0 Å². The Morgan fingerprint density at radius 3 is 2.44 bits per heavy atom. The first kappa shape index (κ1) is 18.3. The first-order chi connectivity index (χ1) is 12.0. The summed E-state index contributed by atoms with van der Waals surface area (Å²) >= 11 is 0. The molecule has 0 aliphatic heterocycles. The minimum Gasteiger partial charge on any atom is -0.497 e. The molecule has 7 heteroatoms. The van der Waals surface area contributed by atoms with Crippen LogP contribution in [0.1, 0.15) is 15.9 Å². The molecule has 0 saturated heterocycles. The molecule has 0 atom stereocenters. The molecule has 0 fully saturated rings. The summed E-state index contributed by atoms with van der Waals surface area (Å²) in [5.74, 6) is 0.470. The van der Waals surface area contributed by atoms with Crippen molar-refractivity contribution < 1.29 is 19.2 Å². The van der Waals surface area contributed by atoms with Crippen molar-refractivity contribution in [1.82, 2.24) is 10.4 Å². The molecule has 0 aromatic heterocycles. The summed E-state index contributed by atoms with van der Waals surface area (Å²) in [5.41, 5.74) is 1.98. The molecular formula is C18H21N3O4. The van der Waals surface area contributed by atoms with Crippen LogP contribution in [0.2, 0.25) is 0 Å². The highest BCUT2D eigenvalue weighted by atomic mass is 16.7. The van der Waals surface area contributed by atoms with Gasteiger partial charge in [-0.3, -0.25) is 9.63 Å². The molecule has 0 aliphatic carbocycles. The van der Waals surface area contributed by atoms with Gasteiger partial charge in [-0.15, -0.1) is 0 Å². The number of hydrogen-bond donors (Lipinski definition) is 2. The Kier molecular flexibility index (Phi) is 6.36. The van der Waals surface area contributed by atoms with Crippen molar-refractivity contribution in [2.75, 3.05) is 26.6 Å². The van der Waals surface area contributed by atoms with Gasteiger partial charge in [-0.1, -0.05) is 12.1 Å². The van der Waals surface area contributed by atoms with Crippen LogP contribution in [0.3, 0.4) is 0 Å². The fourth-order valence-corrected chi connectivity index (χ4v) is 2.10. The van der Waals surface area contributed by atoms with Crippen LogP contribution in [0, 0.1) is 0 Å². The van der Waals surface area contributed by atoms with Crippen molar-refractivity contribution in [2.24, 2.45) is 0 Å². The van der Waals surface area contributed by atoms with E-state index in [1.807, 2.05) is 24.3 Å². The number of anilines is 1. The minimum absolute atomic E-state index is 0.267. The van der Waals surface area contributed by atoms with E-state index in [1.165, 1.54) is 14.2 Å². The zero-order valence-corrected chi connectivity index (χ0v) is 14.4. The Morgan fingerprint density at radius 2 is 1.80 bits per heavy atom. The van der Waals surface area contributed by atoms with Gasteiger partial charge in [0.05, 0.1) is 14.2 Å². The molecule has 2 N–H and O–H groups in total. The molecule has 0 radical (unpaired) electrons. The minimum atomic E-state index is -0.337. The van der Waals surface area contributed by atoms with Crippen LogP contribution < -0.4 is 15.4 Å². The number of methoxy groups -OCH3 is 1. The number of hydrogen-bond acceptors (Lipinski definition) is 4. The second-order valence-electron chi connectivity index (χ2n) is 5.22. The lowest BCUT2D eigenvalue weighted by Gasteiger charge is -2.14. The van der Waals surface area contributed by atoms with Crippen molar-refractivity contribution in [3.63, 3.8) is 0 Å². The molecule has 0 saturated carbocycles. The third-order valence-corrected chi connectivity index (χ3v) is 3.54. The Bertz CT molecular complexity index is 731. The van der Waals surface area contributed by atoms with Gasteiger partial charge < -0.3 is 15.4 Å². The third kappa shape index (κ3) is 5.22. The van der Waals surface area contributed by atoms with Crippen molar-refractivity contribution >= 4 is 17.6 Å². The standard InChI is InChI=1S/C18H21N3O4/c1-21(25-3)17(22)14-7-9-15(10-8-14)20-18(23)19-12-13-5-4-6-16(11-13)24-2/h4-11H,12H2,1-3H3,(H2,19,20,23). The molecule has 3 amide bonds. The van der Waals surface area contributed by atoms with Crippen LogP contribution in [0.15, 0.2) is 48.5 Å². The number of carbonyl (C=O) groups excluding carboxylic acids is 2. The van der Waals surface area contributed by atoms with E-state index in [4.69, 9.17) is 9.57 Å². The average molecular weight is 343 g/mol. The predicted molar refractivity (Wildman–Crippen MR) is 94.4 cm³/mol. The number of amides is 3. The van der Waals surface area contributed by atoms with Crippen molar-refractivity contribution in [3.8, 4) is 5.75 Å². The summed E-state index contributed by atoms with van der Waals surface area (Å²) in [6.45, 7) is 0.373. The van der Waals surface area contributed by atoms with Crippen molar-refractivity contribution in [3.05, 3.63) is 59.7 Å². The highest BCUT2D eigenvalue weighted by Crippen LogP contribution is 2.13. The molecule has 0 spiro atoms. The molecule has 0 unspecified atom stereocenters. The summed E-state index contributed by atoms with van der Waals surface area (Å²) in [6, 6.07) is 13.7. The number of benzene rings is 2. The number of nitrogens with zero attached hydrogens (tertiary/aromatic N) is 1. The molecule has 2 rings (SSSR count). The van der Waals surface area contributed by atoms with Gasteiger partial charge in [-0.2, -0.15) is 0 Å². The number of nitrogens with one attached hydrogen (secondary N) is 2. The summed E-state index contributed by atoms with van der Waals surface area (Å²) in [5, 5.41) is 6.60. The van der Waals surface area contributed by atoms with E-state index >= 15 is 0 Å². The second-order valence-corrected chi connectivity index (χ2v) is 5.22. The third-order valence-electron chi connectivity index (χ3n) is 3.54. The first-order valence-electron chi connectivity index (χ1n) is 7.63. The molecule has 132 valence electrons. The van der Waals surface area contributed by atoms with E-state index in [0.29, 0.717) is 17.8 Å². The monoisotopic (exact) mass is 343 g/mol. The van der Waals surface area contributed by atoms with Crippen LogP contribution in [0.5, 0.6) is 5.75 Å². The van der Waals surface area contributed by atoms with Gasteiger partial charge in [0.1, 0.15) is 5.75 Å². The average Bonchev–Trinajstić information content (AvgIpc) is 2.66. The largest absolute Gasteiger partial charge is 0.497 e. The normalized spacial score (nSPS) is 10.0. The molecule has 0 heterocycles. The maximum Gasteiger partial charge on any atom is 0.319 e. The molecule has 0 bridgehead atoms. The fourth-order valence-electron chi connectivity index (χ4n) is 2.10. The smallest absolute Gasteiger partial charge is 0.319 e. The summed E-state index contributed by atoms with van der Waals surface area (Å²) in [7, 11) is 4.54. The summed E-state index contributed by atoms with van der Waals surface area (Å²) < 4.78 is 5.14. The Morgan fingerprint density at radius 1 is 1.08 bits per heavy atom. The quantitative estimate of drug-likeness (QED) is 0.790. The SMILES string of the molecule is COc1cccc(CNC(=O)Nc2ccc(C(=O)N(C)OC)cc2)c1. The van der Waals surface area contributed by atoms with E-state index in [-0.39, 0.29) is 11.9 Å². The van der Waals surface area contributed by atoms with Gasteiger partial charge in [0, 0.05) is 24.8 Å². The van der Waals surface area contributed by atoms with E-state index in [2.05, 4.69) is 10.6 Å². The van der Waals surface area contributed by atoms with Gasteiger partial charge in [0.25, 0.3) is 5.91 Å². The van der Waals surface area contributed by atoms with Crippen molar-refractivity contribution in [2.45, 2.75) is 6.54 Å². The highest BCUT2D eigenvalue weighted by molar-refractivity contribution is 5.94. The maximum atomic E-state index is 12.0. The zero-order valence-electron chi connectivity index (χ0n) is 14.4. The lowest BCUT2D eigenvalue weighted by Crippen LogP contribution is -2.28. The predicted octanol–water partition coefficient (Wildman–Crippen LogP) is 2.65. The van der Waals surface area contributed by atoms with E-state index in [9.17, 15) is 9.59 Å². The van der Waals surface area contributed by atoms with Gasteiger partial charge >= 0.3 is 6.03 Å². The Hall–Kier alpha value is -3.06. The number of carbonyl (C=O) groups is 2. The van der Waals surface area contributed by atoms with Gasteiger partial charge in [0.15, 0.2) is 0 Å². The van der Waals surface area contributed by atoms with Crippen LogP contribution in [-0.2, 0) is 11.4 Å². The van der Waals surface area contributed by atoms with Crippen LogP contribution in [-0.4, -0.2) is 38.3 Å². The molecule has 25 heavy (non-hydrogen) atoms. The van der Waals surface area contributed by atoms with Gasteiger partial charge in [-0.05, 0) is 42.0 Å². The number of ether oxygens (including phenoxy) is 1. The van der Waals surface area contributed by atoms with Gasteiger partial charge in [-0.25, -0.2) is 9.86 Å². The fraction of sp³-hybridized carbons (Fsp3) is 0.222. The van der Waals surface area contributed by atoms with Crippen LogP contribution in [0.4, 0.5) is 10.5 Å². The van der Waals surface area contributed by atoms with E-state index < -0.39 is 0 Å². The summed E-state index contributed by atoms with van der Waals surface area (Å²) in [4.78, 5) is 28.7. The van der Waals surface area contributed by atoms with Crippen LogP contribution in [0.25, 0.3) is 0 Å². The van der Waals surface area contributed by atoms with Gasteiger partial charge in [0.2, 0.25) is 0 Å².